The van der Waals surface area contributed by atoms with E-state index in [0.717, 1.165) is 12.1 Å². The maximum atomic E-state index is 13.3. The quantitative estimate of drug-likeness (QED) is 0.938. The van der Waals surface area contributed by atoms with E-state index >= 15 is 0 Å². The van der Waals surface area contributed by atoms with Crippen LogP contribution in [0.4, 0.5) is 18.9 Å². The number of benzene rings is 2. The smallest absolute Gasteiger partial charge is 0.262 e. The predicted molar refractivity (Wildman–Crippen MR) is 71.6 cm³/mol. The highest BCUT2D eigenvalue weighted by molar-refractivity contribution is 5.92. The molecule has 110 valence electrons. The van der Waals surface area contributed by atoms with Crippen molar-refractivity contribution in [2.24, 2.45) is 0 Å². The number of carbonyl (C=O) groups is 1. The first-order chi connectivity index (χ1) is 9.95. The number of hydrogen-bond donors (Lipinski definition) is 1. The molecule has 2 aromatic carbocycles. The van der Waals surface area contributed by atoms with Crippen molar-refractivity contribution in [1.29, 1.82) is 0 Å². The normalized spacial score (nSPS) is 10.3. The van der Waals surface area contributed by atoms with Crippen molar-refractivity contribution in [2.45, 2.75) is 6.92 Å². The van der Waals surface area contributed by atoms with E-state index in [9.17, 15) is 18.0 Å². The van der Waals surface area contributed by atoms with Crippen LogP contribution in [0.2, 0.25) is 0 Å². The van der Waals surface area contributed by atoms with E-state index in [-0.39, 0.29) is 5.75 Å². The van der Waals surface area contributed by atoms with Gasteiger partial charge in [0.2, 0.25) is 0 Å². The van der Waals surface area contributed by atoms with Crippen LogP contribution in [0.25, 0.3) is 0 Å². The maximum absolute atomic E-state index is 13.3. The lowest BCUT2D eigenvalue weighted by Crippen LogP contribution is -2.21. The number of nitrogens with one attached hydrogen (secondary N) is 1. The number of ether oxygens (including phenoxy) is 1. The Morgan fingerprint density at radius 3 is 2.48 bits per heavy atom. The van der Waals surface area contributed by atoms with Crippen LogP contribution in [0, 0.1) is 24.4 Å². The fourth-order valence-corrected chi connectivity index (χ4v) is 1.65. The molecule has 3 nitrogen and oxygen atoms in total. The maximum Gasteiger partial charge on any atom is 0.262 e. The van der Waals surface area contributed by atoms with Crippen LogP contribution in [-0.4, -0.2) is 12.5 Å². The first-order valence-corrected chi connectivity index (χ1v) is 6.09. The average molecular weight is 295 g/mol. The fourth-order valence-electron chi connectivity index (χ4n) is 1.65. The molecule has 0 aliphatic carbocycles. The summed E-state index contributed by atoms with van der Waals surface area (Å²) in [6.45, 7) is 1.23. The van der Waals surface area contributed by atoms with Crippen molar-refractivity contribution in [1.82, 2.24) is 0 Å². The first kappa shape index (κ1) is 14.9. The summed E-state index contributed by atoms with van der Waals surface area (Å²) in [7, 11) is 0. The Hall–Kier alpha value is -2.50. The third-order valence-electron chi connectivity index (χ3n) is 2.73. The van der Waals surface area contributed by atoms with Crippen LogP contribution in [0.15, 0.2) is 36.4 Å². The molecule has 0 aliphatic heterocycles. The molecule has 0 aromatic heterocycles. The highest BCUT2D eigenvalue weighted by atomic mass is 19.1. The largest absolute Gasteiger partial charge is 0.481 e. The van der Waals surface area contributed by atoms with Gasteiger partial charge in [0.1, 0.15) is 11.6 Å². The Kier molecular flexibility index (Phi) is 4.47. The lowest BCUT2D eigenvalue weighted by atomic mass is 10.2. The monoisotopic (exact) mass is 295 g/mol. The van der Waals surface area contributed by atoms with Crippen LogP contribution in [0.3, 0.4) is 0 Å². The third-order valence-corrected chi connectivity index (χ3v) is 2.73. The number of aryl methyl sites for hydroxylation is 1. The zero-order valence-electron chi connectivity index (χ0n) is 11.1. The van der Waals surface area contributed by atoms with Crippen molar-refractivity contribution < 1.29 is 22.7 Å². The summed E-state index contributed by atoms with van der Waals surface area (Å²) in [5.74, 6) is -2.93. The van der Waals surface area contributed by atoms with Crippen LogP contribution in [0.1, 0.15) is 5.56 Å². The van der Waals surface area contributed by atoms with E-state index in [2.05, 4.69) is 5.32 Å². The molecule has 21 heavy (non-hydrogen) atoms. The number of rotatable bonds is 4. The summed E-state index contributed by atoms with van der Waals surface area (Å²) in [5, 5.41) is 2.45. The molecule has 0 saturated carbocycles. The molecule has 0 heterocycles. The molecule has 2 rings (SSSR count). The molecular formula is C15H12F3NO2. The minimum Gasteiger partial charge on any atom is -0.481 e. The minimum absolute atomic E-state index is 0.234. The Morgan fingerprint density at radius 2 is 1.76 bits per heavy atom. The molecule has 0 aliphatic rings. The van der Waals surface area contributed by atoms with Gasteiger partial charge in [-0.25, -0.2) is 13.2 Å². The summed E-state index contributed by atoms with van der Waals surface area (Å²) in [4.78, 5) is 11.7. The van der Waals surface area contributed by atoms with E-state index in [1.165, 1.54) is 18.2 Å². The van der Waals surface area contributed by atoms with Crippen LogP contribution in [-0.2, 0) is 4.79 Å². The van der Waals surface area contributed by atoms with E-state index < -0.39 is 30.0 Å². The molecule has 0 atom stereocenters. The number of anilines is 1. The molecular weight excluding hydrogens is 283 g/mol. The van der Waals surface area contributed by atoms with Gasteiger partial charge in [0.15, 0.2) is 18.2 Å². The molecule has 0 spiro atoms. The third kappa shape index (κ3) is 3.98. The van der Waals surface area contributed by atoms with Gasteiger partial charge >= 0.3 is 0 Å². The predicted octanol–water partition coefficient (Wildman–Crippen LogP) is 3.43. The van der Waals surface area contributed by atoms with Crippen molar-refractivity contribution >= 4 is 11.6 Å². The van der Waals surface area contributed by atoms with Crippen molar-refractivity contribution in [2.75, 3.05) is 11.9 Å². The molecule has 0 saturated heterocycles. The Bertz CT molecular complexity index is 674. The second-order valence-corrected chi connectivity index (χ2v) is 4.37. The summed E-state index contributed by atoms with van der Waals surface area (Å²) in [5.41, 5.74) is 0.987. The van der Waals surface area contributed by atoms with E-state index in [4.69, 9.17) is 4.74 Å². The van der Waals surface area contributed by atoms with Crippen molar-refractivity contribution in [3.05, 3.63) is 59.4 Å². The number of amides is 1. The summed E-state index contributed by atoms with van der Waals surface area (Å²) >= 11 is 0. The second kappa shape index (κ2) is 6.30. The van der Waals surface area contributed by atoms with Gasteiger partial charge in [0.25, 0.3) is 5.91 Å². The Labute approximate surface area is 119 Å². The lowest BCUT2D eigenvalue weighted by Gasteiger charge is -2.10. The van der Waals surface area contributed by atoms with Gasteiger partial charge < -0.3 is 10.1 Å². The van der Waals surface area contributed by atoms with E-state index in [1.54, 1.807) is 6.92 Å². The SMILES string of the molecule is Cc1ccc(F)cc1NC(=O)COc1ccc(F)cc1F. The molecule has 0 unspecified atom stereocenters. The van der Waals surface area contributed by atoms with Gasteiger partial charge in [-0.3, -0.25) is 4.79 Å². The highest BCUT2D eigenvalue weighted by Crippen LogP contribution is 2.18. The number of carbonyl (C=O) groups excluding carboxylic acids is 1. The van der Waals surface area contributed by atoms with Gasteiger partial charge in [0.05, 0.1) is 0 Å². The molecule has 6 heteroatoms. The fraction of sp³-hybridized carbons (Fsp3) is 0.133. The number of halogens is 3. The van der Waals surface area contributed by atoms with E-state index in [1.807, 2.05) is 0 Å². The zero-order chi connectivity index (χ0) is 15.4. The summed E-state index contributed by atoms with van der Waals surface area (Å²) in [6, 6.07) is 6.73. The number of hydrogen-bond acceptors (Lipinski definition) is 2. The summed E-state index contributed by atoms with van der Waals surface area (Å²) < 4.78 is 44.0. The second-order valence-electron chi connectivity index (χ2n) is 4.37. The van der Waals surface area contributed by atoms with Crippen molar-refractivity contribution in [3.63, 3.8) is 0 Å². The molecule has 0 bridgehead atoms. The topological polar surface area (TPSA) is 38.3 Å². The van der Waals surface area contributed by atoms with E-state index in [0.29, 0.717) is 17.3 Å². The molecule has 1 amide bonds. The first-order valence-electron chi connectivity index (χ1n) is 6.09. The standard InChI is InChI=1S/C15H12F3NO2/c1-9-2-3-11(17)7-13(9)19-15(20)8-21-14-5-4-10(16)6-12(14)18/h2-7H,8H2,1H3,(H,19,20). The Morgan fingerprint density at radius 1 is 1.10 bits per heavy atom. The molecule has 0 fully saturated rings. The molecule has 1 N–H and O–H groups in total. The summed E-state index contributed by atoms with van der Waals surface area (Å²) in [6.07, 6.45) is 0. The Balaban J connectivity index is 1.97. The van der Waals surface area contributed by atoms with Crippen LogP contribution < -0.4 is 10.1 Å². The highest BCUT2D eigenvalue weighted by Gasteiger charge is 2.09. The minimum atomic E-state index is -0.898. The van der Waals surface area contributed by atoms with Crippen LogP contribution in [0.5, 0.6) is 5.75 Å². The van der Waals surface area contributed by atoms with Crippen molar-refractivity contribution in [3.8, 4) is 5.75 Å². The van der Waals surface area contributed by atoms with Gasteiger partial charge in [0, 0.05) is 11.8 Å². The zero-order valence-corrected chi connectivity index (χ0v) is 11.1. The molecule has 0 radical (unpaired) electrons. The van der Waals surface area contributed by atoms with Gasteiger partial charge in [-0.2, -0.15) is 0 Å². The van der Waals surface area contributed by atoms with Gasteiger partial charge in [-0.15, -0.1) is 0 Å². The van der Waals surface area contributed by atoms with Crippen LogP contribution >= 0.6 is 0 Å². The lowest BCUT2D eigenvalue weighted by molar-refractivity contribution is -0.118. The molecule has 2 aromatic rings. The van der Waals surface area contributed by atoms with Gasteiger partial charge in [-0.05, 0) is 36.8 Å². The average Bonchev–Trinajstić information content (AvgIpc) is 2.42. The van der Waals surface area contributed by atoms with Gasteiger partial charge in [-0.1, -0.05) is 6.07 Å².